The quantitative estimate of drug-likeness (QED) is 0.256. The SMILES string of the molecule is CCCNC(=O)Nc1cc(C2=NC(C(F)(F)F)CS2)c(-c2ccc3c(c2)c(=O)c(C(=O)OCC)cn3CCC2CCOCC2)cn1. The van der Waals surface area contributed by atoms with Gasteiger partial charge in [-0.1, -0.05) is 13.0 Å². The average Bonchev–Trinajstić information content (AvgIpc) is 3.55. The van der Waals surface area contributed by atoms with Crippen LogP contribution in [0.25, 0.3) is 22.0 Å². The predicted octanol–water partition coefficient (Wildman–Crippen LogP) is 6.01. The number of thioether (sulfide) groups is 1. The number of nitrogens with zero attached hydrogens (tertiary/aromatic N) is 3. The van der Waals surface area contributed by atoms with Crippen molar-refractivity contribution in [2.24, 2.45) is 10.9 Å². The van der Waals surface area contributed by atoms with Crippen LogP contribution in [0.1, 0.15) is 55.5 Å². The summed E-state index contributed by atoms with van der Waals surface area (Å²) in [5, 5.41) is 5.70. The van der Waals surface area contributed by atoms with E-state index in [0.717, 1.165) is 31.0 Å². The van der Waals surface area contributed by atoms with Crippen LogP contribution in [0, 0.1) is 5.92 Å². The second-order valence-electron chi connectivity index (χ2n) is 11.2. The number of pyridine rings is 2. The summed E-state index contributed by atoms with van der Waals surface area (Å²) in [6, 6.07) is 4.26. The molecular weight excluding hydrogens is 623 g/mol. The summed E-state index contributed by atoms with van der Waals surface area (Å²) in [6.45, 7) is 6.06. The molecule has 1 unspecified atom stereocenters. The Kier molecular flexibility index (Phi) is 10.7. The second-order valence-corrected chi connectivity index (χ2v) is 12.2. The average molecular weight is 660 g/mol. The fourth-order valence-electron chi connectivity index (χ4n) is 5.48. The molecule has 2 aliphatic rings. The zero-order valence-corrected chi connectivity index (χ0v) is 26.4. The Morgan fingerprint density at radius 3 is 2.63 bits per heavy atom. The van der Waals surface area contributed by atoms with E-state index in [9.17, 15) is 27.6 Å². The van der Waals surface area contributed by atoms with E-state index in [1.54, 1.807) is 31.3 Å². The molecule has 2 aliphatic heterocycles. The lowest BCUT2D eigenvalue weighted by Gasteiger charge is -2.23. The molecule has 1 saturated heterocycles. The van der Waals surface area contributed by atoms with Gasteiger partial charge in [0.15, 0.2) is 6.04 Å². The van der Waals surface area contributed by atoms with E-state index in [1.165, 1.54) is 12.3 Å². The first-order valence-electron chi connectivity index (χ1n) is 15.3. The monoisotopic (exact) mass is 659 g/mol. The minimum atomic E-state index is -4.51. The highest BCUT2D eigenvalue weighted by Gasteiger charge is 2.43. The van der Waals surface area contributed by atoms with Crippen LogP contribution in [0.2, 0.25) is 0 Å². The summed E-state index contributed by atoms with van der Waals surface area (Å²) >= 11 is 0.960. The van der Waals surface area contributed by atoms with E-state index < -0.39 is 29.6 Å². The lowest BCUT2D eigenvalue weighted by molar-refractivity contribution is -0.141. The molecule has 0 spiro atoms. The second kappa shape index (κ2) is 14.7. The lowest BCUT2D eigenvalue weighted by Crippen LogP contribution is -2.29. The number of hydrogen-bond acceptors (Lipinski definition) is 8. The Balaban J connectivity index is 1.59. The number of urea groups is 1. The van der Waals surface area contributed by atoms with Crippen LogP contribution in [0.4, 0.5) is 23.8 Å². The van der Waals surface area contributed by atoms with Crippen molar-refractivity contribution in [3.05, 3.63) is 58.0 Å². The van der Waals surface area contributed by atoms with Gasteiger partial charge in [-0.15, -0.1) is 11.8 Å². The molecule has 2 amide bonds. The maximum Gasteiger partial charge on any atom is 0.411 e. The van der Waals surface area contributed by atoms with Crippen LogP contribution in [0.15, 0.2) is 46.4 Å². The lowest BCUT2D eigenvalue weighted by atomic mass is 9.96. The summed E-state index contributed by atoms with van der Waals surface area (Å²) in [5.41, 5.74) is 1.24. The Hall–Kier alpha value is -3.91. The maximum atomic E-state index is 13.7. The molecule has 246 valence electrons. The summed E-state index contributed by atoms with van der Waals surface area (Å²) in [7, 11) is 0. The fourth-order valence-corrected chi connectivity index (χ4v) is 6.59. The smallest absolute Gasteiger partial charge is 0.411 e. The van der Waals surface area contributed by atoms with Crippen molar-refractivity contribution in [3.63, 3.8) is 0 Å². The number of alkyl halides is 3. The molecule has 1 aromatic carbocycles. The van der Waals surface area contributed by atoms with E-state index in [-0.39, 0.29) is 34.2 Å². The molecule has 1 fully saturated rings. The molecule has 3 aromatic rings. The number of carbonyl (C=O) groups excluding carboxylic acids is 2. The molecule has 2 N–H and O–H groups in total. The Morgan fingerprint density at radius 2 is 1.93 bits per heavy atom. The molecule has 2 aromatic heterocycles. The van der Waals surface area contributed by atoms with Crippen molar-refractivity contribution < 1.29 is 32.2 Å². The summed E-state index contributed by atoms with van der Waals surface area (Å²) < 4.78 is 53.2. The Morgan fingerprint density at radius 1 is 1.15 bits per heavy atom. The van der Waals surface area contributed by atoms with Gasteiger partial charge in [0, 0.05) is 61.0 Å². The number of amides is 2. The Bertz CT molecular complexity index is 1690. The summed E-state index contributed by atoms with van der Waals surface area (Å²) in [4.78, 5) is 47.2. The number of fused-ring (bicyclic) bond motifs is 1. The van der Waals surface area contributed by atoms with E-state index in [2.05, 4.69) is 20.6 Å². The number of carbonyl (C=O) groups is 2. The number of halogens is 3. The highest BCUT2D eigenvalue weighted by atomic mass is 32.2. The summed E-state index contributed by atoms with van der Waals surface area (Å²) in [5.74, 6) is -0.428. The van der Waals surface area contributed by atoms with Crippen LogP contribution in [0.3, 0.4) is 0 Å². The minimum absolute atomic E-state index is 0.0989. The van der Waals surface area contributed by atoms with E-state index in [1.807, 2.05) is 11.5 Å². The number of aliphatic imine (C=N–C) groups is 1. The van der Waals surface area contributed by atoms with Crippen LogP contribution >= 0.6 is 11.8 Å². The van der Waals surface area contributed by atoms with Gasteiger partial charge in [-0.2, -0.15) is 13.2 Å². The number of aromatic nitrogens is 2. The van der Waals surface area contributed by atoms with Gasteiger partial charge < -0.3 is 19.4 Å². The fraction of sp³-hybridized carbons (Fsp3) is 0.469. The maximum absolute atomic E-state index is 13.7. The molecule has 0 saturated carbocycles. The number of benzene rings is 1. The standard InChI is InChI=1S/C32H36F3N5O5S/c1-3-10-36-31(43)39-27-15-21(29-38-26(18-46-29)32(33,34)35)23(16-37-27)20-5-6-25-22(14-20)28(41)24(30(42)45-4-2)17-40(25)11-7-19-8-12-44-13-9-19/h5-6,14-17,19,26H,3-4,7-13,18H2,1-2H3,(H2,36,37,39,43). The molecule has 46 heavy (non-hydrogen) atoms. The molecule has 0 bridgehead atoms. The largest absolute Gasteiger partial charge is 0.462 e. The number of esters is 1. The highest BCUT2D eigenvalue weighted by Crippen LogP contribution is 2.37. The molecule has 0 aliphatic carbocycles. The van der Waals surface area contributed by atoms with Crippen molar-refractivity contribution >= 4 is 45.5 Å². The van der Waals surface area contributed by atoms with Crippen LogP contribution in [0.5, 0.6) is 0 Å². The molecule has 0 radical (unpaired) electrons. The topological polar surface area (TPSA) is 124 Å². The van der Waals surface area contributed by atoms with Gasteiger partial charge in [0.25, 0.3) is 0 Å². The number of ether oxygens (including phenoxy) is 2. The first kappa shape index (κ1) is 33.5. The van der Waals surface area contributed by atoms with E-state index in [0.29, 0.717) is 60.8 Å². The number of rotatable bonds is 10. The number of hydrogen-bond donors (Lipinski definition) is 2. The van der Waals surface area contributed by atoms with Gasteiger partial charge in [0.05, 0.1) is 17.2 Å². The number of aryl methyl sites for hydroxylation is 1. The zero-order chi connectivity index (χ0) is 32.8. The molecule has 1 atom stereocenters. The van der Waals surface area contributed by atoms with Gasteiger partial charge >= 0.3 is 18.2 Å². The number of nitrogens with one attached hydrogen (secondary N) is 2. The van der Waals surface area contributed by atoms with Crippen molar-refractivity contribution in [3.8, 4) is 11.1 Å². The van der Waals surface area contributed by atoms with Gasteiger partial charge in [0.1, 0.15) is 11.4 Å². The third-order valence-electron chi connectivity index (χ3n) is 7.95. The minimum Gasteiger partial charge on any atom is -0.462 e. The molecular formula is C32H36F3N5O5S. The highest BCUT2D eigenvalue weighted by molar-refractivity contribution is 8.14. The van der Waals surface area contributed by atoms with Crippen LogP contribution in [-0.2, 0) is 16.0 Å². The number of anilines is 1. The van der Waals surface area contributed by atoms with Gasteiger partial charge in [-0.3, -0.25) is 15.1 Å². The van der Waals surface area contributed by atoms with Crippen molar-refractivity contribution in [1.82, 2.24) is 14.9 Å². The van der Waals surface area contributed by atoms with Crippen LogP contribution < -0.4 is 16.1 Å². The molecule has 10 nitrogen and oxygen atoms in total. The first-order valence-corrected chi connectivity index (χ1v) is 16.3. The van der Waals surface area contributed by atoms with E-state index >= 15 is 0 Å². The van der Waals surface area contributed by atoms with Gasteiger partial charge in [0.2, 0.25) is 5.43 Å². The first-order chi connectivity index (χ1) is 22.1. The van der Waals surface area contributed by atoms with Gasteiger partial charge in [-0.25, -0.2) is 14.6 Å². The third kappa shape index (κ3) is 7.72. The normalized spacial score (nSPS) is 17.2. The van der Waals surface area contributed by atoms with Crippen molar-refractivity contribution in [2.75, 3.05) is 37.4 Å². The van der Waals surface area contributed by atoms with Crippen molar-refractivity contribution in [2.45, 2.75) is 58.3 Å². The van der Waals surface area contributed by atoms with E-state index in [4.69, 9.17) is 9.47 Å². The molecule has 14 heteroatoms. The van der Waals surface area contributed by atoms with Gasteiger partial charge in [-0.05, 0) is 62.3 Å². The predicted molar refractivity (Wildman–Crippen MR) is 172 cm³/mol. The van der Waals surface area contributed by atoms with Crippen molar-refractivity contribution in [1.29, 1.82) is 0 Å². The third-order valence-corrected chi connectivity index (χ3v) is 9.03. The zero-order valence-electron chi connectivity index (χ0n) is 25.6. The van der Waals surface area contributed by atoms with Crippen LogP contribution in [-0.4, -0.2) is 70.9 Å². The summed E-state index contributed by atoms with van der Waals surface area (Å²) in [6.07, 6.45) is 1.89. The Labute approximate surface area is 268 Å². The molecule has 5 rings (SSSR count). The molecule has 4 heterocycles.